The lowest BCUT2D eigenvalue weighted by Crippen LogP contribution is -2.52. The second-order valence-corrected chi connectivity index (χ2v) is 8.45. The van der Waals surface area contributed by atoms with Crippen LogP contribution >= 0.6 is 0 Å². The molecule has 1 fully saturated rings. The molecule has 33 heavy (non-hydrogen) atoms. The van der Waals surface area contributed by atoms with Gasteiger partial charge in [0, 0.05) is 43.6 Å². The number of nitrogens with one attached hydrogen (secondary N) is 2. The molecule has 0 saturated carbocycles. The maximum Gasteiger partial charge on any atom is 0.326 e. The van der Waals surface area contributed by atoms with Crippen molar-refractivity contribution in [1.82, 2.24) is 10.2 Å². The molecule has 3 aliphatic rings. The van der Waals surface area contributed by atoms with E-state index >= 15 is 0 Å². The van der Waals surface area contributed by atoms with Gasteiger partial charge in [0.15, 0.2) is 0 Å². The van der Waals surface area contributed by atoms with Gasteiger partial charge in [-0.3, -0.25) is 24.6 Å². The van der Waals surface area contributed by atoms with Crippen molar-refractivity contribution in [3.8, 4) is 0 Å². The summed E-state index contributed by atoms with van der Waals surface area (Å²) < 4.78 is 5.27. The Morgan fingerprint density at radius 2 is 2.03 bits per heavy atom. The summed E-state index contributed by atoms with van der Waals surface area (Å²) in [6.07, 6.45) is 1.29. The average Bonchev–Trinajstić information content (AvgIpc) is 3.36. The van der Waals surface area contributed by atoms with Crippen LogP contribution < -0.4 is 15.5 Å². The Hall–Kier alpha value is -3.72. The zero-order chi connectivity index (χ0) is 23.1. The number of rotatable bonds is 4. The number of hydrogen-bond acceptors (Lipinski definition) is 5. The molecule has 0 aliphatic carbocycles. The van der Waals surface area contributed by atoms with Crippen LogP contribution in [0.1, 0.15) is 39.9 Å². The van der Waals surface area contributed by atoms with Gasteiger partial charge in [-0.05, 0) is 53.8 Å². The van der Waals surface area contributed by atoms with E-state index in [0.29, 0.717) is 30.8 Å². The molecular formula is C24H24N4O5. The van der Waals surface area contributed by atoms with Gasteiger partial charge in [-0.1, -0.05) is 12.1 Å². The number of imide groups is 1. The Kier molecular flexibility index (Phi) is 5.33. The molecule has 1 unspecified atom stereocenters. The fourth-order valence-corrected chi connectivity index (χ4v) is 4.85. The minimum Gasteiger partial charge on any atom is -0.380 e. The Labute approximate surface area is 190 Å². The van der Waals surface area contributed by atoms with E-state index in [2.05, 4.69) is 10.6 Å². The van der Waals surface area contributed by atoms with Crippen LogP contribution in [0, 0.1) is 0 Å². The standard InChI is InChI=1S/C24H24N4O5/c1-33-13-14-3-2-4-19-17(14)9-10-27(19)24(32)25-16-5-6-18-15(11-16)12-28(23(18)31)20-7-8-21(29)26-22(20)30/h2-6,11,20H,7-10,12-13H2,1H3,(H,25,32)(H,26,29,30). The van der Waals surface area contributed by atoms with Crippen molar-refractivity contribution < 1.29 is 23.9 Å². The smallest absolute Gasteiger partial charge is 0.326 e. The lowest BCUT2D eigenvalue weighted by molar-refractivity contribution is -0.136. The average molecular weight is 448 g/mol. The highest BCUT2D eigenvalue weighted by Crippen LogP contribution is 2.33. The van der Waals surface area contributed by atoms with Crippen LogP contribution in [-0.4, -0.2) is 48.3 Å². The van der Waals surface area contributed by atoms with Crippen LogP contribution in [-0.2, 0) is 33.9 Å². The number of anilines is 2. The fraction of sp³-hybridized carbons (Fsp3) is 0.333. The van der Waals surface area contributed by atoms with Crippen LogP contribution in [0.15, 0.2) is 36.4 Å². The highest BCUT2D eigenvalue weighted by Gasteiger charge is 2.39. The zero-order valence-corrected chi connectivity index (χ0v) is 18.2. The Morgan fingerprint density at radius 3 is 2.82 bits per heavy atom. The van der Waals surface area contributed by atoms with Crippen LogP contribution in [0.2, 0.25) is 0 Å². The molecule has 3 heterocycles. The molecule has 1 saturated heterocycles. The number of fused-ring (bicyclic) bond motifs is 2. The van der Waals surface area contributed by atoms with E-state index in [4.69, 9.17) is 4.74 Å². The summed E-state index contributed by atoms with van der Waals surface area (Å²) in [5.74, 6) is -0.999. The van der Waals surface area contributed by atoms with Gasteiger partial charge in [0.1, 0.15) is 6.04 Å². The summed E-state index contributed by atoms with van der Waals surface area (Å²) >= 11 is 0. The minimum atomic E-state index is -0.664. The molecule has 0 spiro atoms. The Bertz CT molecular complexity index is 1180. The largest absolute Gasteiger partial charge is 0.380 e. The van der Waals surface area contributed by atoms with Crippen LogP contribution in [0.5, 0.6) is 0 Å². The first-order valence-corrected chi connectivity index (χ1v) is 10.9. The van der Waals surface area contributed by atoms with Crippen LogP contribution in [0.25, 0.3) is 0 Å². The number of benzene rings is 2. The number of carbonyl (C=O) groups excluding carboxylic acids is 4. The van der Waals surface area contributed by atoms with Crippen molar-refractivity contribution in [2.75, 3.05) is 23.9 Å². The highest BCUT2D eigenvalue weighted by atomic mass is 16.5. The molecule has 9 nitrogen and oxygen atoms in total. The number of carbonyl (C=O) groups is 4. The third-order valence-electron chi connectivity index (χ3n) is 6.44. The van der Waals surface area contributed by atoms with Gasteiger partial charge in [0.2, 0.25) is 11.8 Å². The molecule has 5 amide bonds. The van der Waals surface area contributed by atoms with Gasteiger partial charge in [-0.25, -0.2) is 4.79 Å². The normalized spacial score (nSPS) is 19.4. The number of methoxy groups -OCH3 is 1. The molecule has 0 bridgehead atoms. The van der Waals surface area contributed by atoms with E-state index in [-0.39, 0.29) is 30.8 Å². The first-order valence-electron chi connectivity index (χ1n) is 10.9. The molecule has 2 aromatic carbocycles. The summed E-state index contributed by atoms with van der Waals surface area (Å²) in [7, 11) is 1.65. The highest BCUT2D eigenvalue weighted by molar-refractivity contribution is 6.06. The van der Waals surface area contributed by atoms with E-state index in [9.17, 15) is 19.2 Å². The molecule has 0 radical (unpaired) electrons. The molecule has 3 aliphatic heterocycles. The molecule has 2 N–H and O–H groups in total. The monoisotopic (exact) mass is 448 g/mol. The summed E-state index contributed by atoms with van der Waals surface area (Å²) in [4.78, 5) is 52.7. The maximum atomic E-state index is 13.0. The third-order valence-corrected chi connectivity index (χ3v) is 6.44. The molecule has 1 atom stereocenters. The van der Waals surface area contributed by atoms with Gasteiger partial charge in [-0.2, -0.15) is 0 Å². The molecule has 170 valence electrons. The number of ether oxygens (including phenoxy) is 1. The van der Waals surface area contributed by atoms with Crippen molar-refractivity contribution in [3.05, 3.63) is 58.7 Å². The van der Waals surface area contributed by atoms with Gasteiger partial charge < -0.3 is 15.0 Å². The molecule has 9 heteroatoms. The lowest BCUT2D eigenvalue weighted by atomic mass is 10.0. The van der Waals surface area contributed by atoms with E-state index in [1.54, 1.807) is 30.2 Å². The number of urea groups is 1. The molecule has 0 aromatic heterocycles. The predicted molar refractivity (Wildman–Crippen MR) is 120 cm³/mol. The lowest BCUT2D eigenvalue weighted by Gasteiger charge is -2.29. The third kappa shape index (κ3) is 3.74. The van der Waals surface area contributed by atoms with Gasteiger partial charge >= 0.3 is 6.03 Å². The topological polar surface area (TPSA) is 108 Å². The predicted octanol–water partition coefficient (Wildman–Crippen LogP) is 2.19. The Balaban J connectivity index is 1.31. The van der Waals surface area contributed by atoms with E-state index in [1.807, 2.05) is 18.2 Å². The number of piperidine rings is 1. The van der Waals surface area contributed by atoms with Gasteiger partial charge in [-0.15, -0.1) is 0 Å². The van der Waals surface area contributed by atoms with Crippen LogP contribution in [0.4, 0.5) is 16.2 Å². The first-order chi connectivity index (χ1) is 16.0. The second kappa shape index (κ2) is 8.32. The SMILES string of the molecule is COCc1cccc2c1CCN2C(=O)Nc1ccc2c(c1)CN(C1CCC(=O)NC1=O)C2=O. The summed E-state index contributed by atoms with van der Waals surface area (Å²) in [5, 5.41) is 5.23. The van der Waals surface area contributed by atoms with Gasteiger partial charge in [0.05, 0.1) is 6.61 Å². The number of hydrogen-bond donors (Lipinski definition) is 2. The molecule has 5 rings (SSSR count). The quantitative estimate of drug-likeness (QED) is 0.697. The van der Waals surface area contributed by atoms with Crippen molar-refractivity contribution in [2.24, 2.45) is 0 Å². The molecular weight excluding hydrogens is 424 g/mol. The minimum absolute atomic E-state index is 0.210. The summed E-state index contributed by atoms with van der Waals surface area (Å²) in [6.45, 7) is 1.34. The number of nitrogens with zero attached hydrogens (tertiary/aromatic N) is 2. The van der Waals surface area contributed by atoms with Crippen molar-refractivity contribution in [3.63, 3.8) is 0 Å². The fourth-order valence-electron chi connectivity index (χ4n) is 4.85. The summed E-state index contributed by atoms with van der Waals surface area (Å²) in [5.41, 5.74) is 4.91. The summed E-state index contributed by atoms with van der Waals surface area (Å²) in [6, 6.07) is 10.1. The first kappa shape index (κ1) is 21.1. The number of amides is 5. The maximum absolute atomic E-state index is 13.0. The van der Waals surface area contributed by atoms with Crippen molar-refractivity contribution in [2.45, 2.75) is 38.5 Å². The zero-order valence-electron chi connectivity index (χ0n) is 18.2. The molecule has 2 aromatic rings. The van der Waals surface area contributed by atoms with Crippen molar-refractivity contribution >= 4 is 35.1 Å². The van der Waals surface area contributed by atoms with E-state index in [1.165, 1.54) is 4.90 Å². The second-order valence-electron chi connectivity index (χ2n) is 8.45. The van der Waals surface area contributed by atoms with Crippen LogP contribution in [0.3, 0.4) is 0 Å². The van der Waals surface area contributed by atoms with E-state index < -0.39 is 11.9 Å². The Morgan fingerprint density at radius 1 is 1.18 bits per heavy atom. The van der Waals surface area contributed by atoms with Crippen molar-refractivity contribution in [1.29, 1.82) is 0 Å². The van der Waals surface area contributed by atoms with E-state index in [0.717, 1.165) is 28.8 Å². The van der Waals surface area contributed by atoms with Gasteiger partial charge in [0.25, 0.3) is 5.91 Å².